The lowest BCUT2D eigenvalue weighted by molar-refractivity contribution is -0.115. The van der Waals surface area contributed by atoms with Crippen LogP contribution in [-0.4, -0.2) is 16.0 Å². The molecule has 0 aliphatic heterocycles. The summed E-state index contributed by atoms with van der Waals surface area (Å²) in [6, 6.07) is 18.4. The molecule has 0 spiro atoms. The summed E-state index contributed by atoms with van der Waals surface area (Å²) in [5.74, 6) is 0.644. The normalized spacial score (nSPS) is 11.1. The van der Waals surface area contributed by atoms with Gasteiger partial charge in [-0.05, 0) is 73.7 Å². The van der Waals surface area contributed by atoms with Crippen molar-refractivity contribution in [3.05, 3.63) is 88.2 Å². The minimum absolute atomic E-state index is 0.179. The van der Waals surface area contributed by atoms with E-state index in [2.05, 4.69) is 15.6 Å². The highest BCUT2D eigenvalue weighted by atomic mass is 35.5. The zero-order valence-corrected chi connectivity index (χ0v) is 19.2. The number of hydrogen-bond donors (Lipinski definition) is 2. The Balaban J connectivity index is 1.40. The van der Waals surface area contributed by atoms with Gasteiger partial charge in [-0.25, -0.2) is 0 Å². The van der Waals surface area contributed by atoms with Gasteiger partial charge in [0.05, 0.1) is 15.6 Å². The van der Waals surface area contributed by atoms with Crippen LogP contribution in [0.2, 0.25) is 10.0 Å². The molecule has 0 saturated carbocycles. The zero-order valence-electron chi connectivity index (χ0n) is 16.9. The van der Waals surface area contributed by atoms with Gasteiger partial charge < -0.3 is 9.73 Å². The lowest BCUT2D eigenvalue weighted by atomic mass is 10.1. The summed E-state index contributed by atoms with van der Waals surface area (Å²) in [4.78, 5) is 16.8. The van der Waals surface area contributed by atoms with Gasteiger partial charge in [0.25, 0.3) is 0 Å². The van der Waals surface area contributed by atoms with E-state index in [4.69, 9.17) is 39.8 Å². The molecule has 1 amide bonds. The van der Waals surface area contributed by atoms with Gasteiger partial charge in [-0.1, -0.05) is 35.3 Å². The molecule has 8 heteroatoms. The Morgan fingerprint density at radius 2 is 1.88 bits per heavy atom. The number of aromatic nitrogens is 1. The minimum Gasteiger partial charge on any atom is -0.457 e. The van der Waals surface area contributed by atoms with Gasteiger partial charge >= 0.3 is 0 Å². The van der Waals surface area contributed by atoms with Crippen molar-refractivity contribution in [3.8, 4) is 11.3 Å². The fourth-order valence-electron chi connectivity index (χ4n) is 3.11. The molecule has 32 heavy (non-hydrogen) atoms. The zero-order chi connectivity index (χ0) is 22.7. The van der Waals surface area contributed by atoms with Gasteiger partial charge in [-0.15, -0.1) is 0 Å². The number of amides is 1. The second-order valence-electron chi connectivity index (χ2n) is 6.90. The molecular weight excluding hydrogens is 465 g/mol. The highest BCUT2D eigenvalue weighted by molar-refractivity contribution is 7.80. The second kappa shape index (κ2) is 9.53. The van der Waals surface area contributed by atoms with Crippen molar-refractivity contribution in [2.24, 2.45) is 0 Å². The first-order valence-corrected chi connectivity index (χ1v) is 10.8. The molecule has 0 aliphatic carbocycles. The summed E-state index contributed by atoms with van der Waals surface area (Å²) in [6.07, 6.45) is 2.88. The molecule has 0 unspecified atom stereocenters. The van der Waals surface area contributed by atoms with Crippen LogP contribution < -0.4 is 10.6 Å². The van der Waals surface area contributed by atoms with E-state index in [1.54, 1.807) is 30.3 Å². The average Bonchev–Trinajstić information content (AvgIpc) is 3.23. The maximum absolute atomic E-state index is 12.3. The number of pyridine rings is 1. The van der Waals surface area contributed by atoms with Crippen molar-refractivity contribution >= 4 is 69.1 Å². The fourth-order valence-corrected chi connectivity index (χ4v) is 3.72. The minimum atomic E-state index is -0.393. The Morgan fingerprint density at radius 1 is 1.06 bits per heavy atom. The first kappa shape index (κ1) is 22.0. The fraction of sp³-hybridized carbons (Fsp3) is 0.0417. The average molecular weight is 482 g/mol. The van der Waals surface area contributed by atoms with Gasteiger partial charge in [-0.3, -0.25) is 15.1 Å². The molecule has 0 fully saturated rings. The number of carbonyl (C=O) groups is 1. The summed E-state index contributed by atoms with van der Waals surface area (Å²) < 4.78 is 5.75. The van der Waals surface area contributed by atoms with Crippen LogP contribution in [0.5, 0.6) is 0 Å². The van der Waals surface area contributed by atoms with E-state index in [9.17, 15) is 4.79 Å². The van der Waals surface area contributed by atoms with Crippen LogP contribution in [-0.2, 0) is 4.79 Å². The van der Waals surface area contributed by atoms with Crippen molar-refractivity contribution in [2.45, 2.75) is 6.92 Å². The Bertz CT molecular complexity index is 1360. The number of halogens is 2. The monoisotopic (exact) mass is 481 g/mol. The maximum Gasteiger partial charge on any atom is 0.250 e. The number of fused-ring (bicyclic) bond motifs is 1. The molecule has 4 aromatic rings. The summed E-state index contributed by atoms with van der Waals surface area (Å²) in [6.45, 7) is 1.93. The molecule has 2 aromatic carbocycles. The van der Waals surface area contributed by atoms with E-state index in [1.165, 1.54) is 6.08 Å². The summed E-state index contributed by atoms with van der Waals surface area (Å²) in [5, 5.41) is 7.61. The topological polar surface area (TPSA) is 67.2 Å². The van der Waals surface area contributed by atoms with Crippen LogP contribution in [0.25, 0.3) is 28.3 Å². The van der Waals surface area contributed by atoms with Gasteiger partial charge in [0, 0.05) is 28.4 Å². The van der Waals surface area contributed by atoms with Crippen LogP contribution >= 0.6 is 35.4 Å². The molecule has 0 radical (unpaired) electrons. The third-order valence-corrected chi connectivity index (χ3v) is 5.62. The van der Waals surface area contributed by atoms with Crippen molar-refractivity contribution in [1.82, 2.24) is 10.3 Å². The third-order valence-electron chi connectivity index (χ3n) is 4.60. The molecule has 2 N–H and O–H groups in total. The first-order chi connectivity index (χ1) is 15.4. The number of aryl methyl sites for hydroxylation is 1. The predicted molar refractivity (Wildman–Crippen MR) is 134 cm³/mol. The smallest absolute Gasteiger partial charge is 0.250 e. The lowest BCUT2D eigenvalue weighted by Gasteiger charge is -2.11. The second-order valence-corrected chi connectivity index (χ2v) is 8.10. The molecule has 0 aliphatic rings. The molecule has 0 saturated heterocycles. The molecule has 5 nitrogen and oxygen atoms in total. The lowest BCUT2D eigenvalue weighted by Crippen LogP contribution is -2.32. The SMILES string of the molecule is Cc1ccc2c(NC(=S)NC(=O)C=Cc3ccc(-c4cccc(Cl)c4Cl)o3)cccc2n1. The number of rotatable bonds is 4. The van der Waals surface area contributed by atoms with Crippen molar-refractivity contribution < 1.29 is 9.21 Å². The molecular formula is C24H17Cl2N3O2S. The van der Waals surface area contributed by atoms with Crippen molar-refractivity contribution in [1.29, 1.82) is 0 Å². The van der Waals surface area contributed by atoms with E-state index in [0.29, 0.717) is 27.1 Å². The van der Waals surface area contributed by atoms with Gasteiger partial charge in [0.2, 0.25) is 5.91 Å². The van der Waals surface area contributed by atoms with Gasteiger partial charge in [0.1, 0.15) is 11.5 Å². The highest BCUT2D eigenvalue weighted by Crippen LogP contribution is 2.34. The van der Waals surface area contributed by atoms with Crippen LogP contribution in [0.1, 0.15) is 11.5 Å². The number of nitrogens with zero attached hydrogens (tertiary/aromatic N) is 1. The van der Waals surface area contributed by atoms with Crippen LogP contribution in [0.15, 0.2) is 71.2 Å². The Morgan fingerprint density at radius 3 is 2.72 bits per heavy atom. The maximum atomic E-state index is 12.3. The van der Waals surface area contributed by atoms with E-state index in [1.807, 2.05) is 43.3 Å². The molecule has 160 valence electrons. The van der Waals surface area contributed by atoms with E-state index >= 15 is 0 Å². The number of benzene rings is 2. The third kappa shape index (κ3) is 4.99. The number of furan rings is 1. The van der Waals surface area contributed by atoms with E-state index in [0.717, 1.165) is 22.3 Å². The number of carbonyl (C=O) groups excluding carboxylic acids is 1. The van der Waals surface area contributed by atoms with Crippen LogP contribution in [0, 0.1) is 6.92 Å². The summed E-state index contributed by atoms with van der Waals surface area (Å²) in [5.41, 5.74) is 3.21. The quantitative estimate of drug-likeness (QED) is 0.252. The Kier molecular flexibility index (Phi) is 6.55. The van der Waals surface area contributed by atoms with Crippen LogP contribution in [0.3, 0.4) is 0 Å². The molecule has 2 aromatic heterocycles. The summed E-state index contributed by atoms with van der Waals surface area (Å²) in [7, 11) is 0. The van der Waals surface area contributed by atoms with E-state index in [-0.39, 0.29) is 5.11 Å². The Labute approximate surface area is 200 Å². The highest BCUT2D eigenvalue weighted by Gasteiger charge is 2.11. The van der Waals surface area contributed by atoms with Crippen LogP contribution in [0.4, 0.5) is 5.69 Å². The predicted octanol–water partition coefficient (Wildman–Crippen LogP) is 6.64. The number of thiocarbonyl (C=S) groups is 1. The van der Waals surface area contributed by atoms with Crippen molar-refractivity contribution in [2.75, 3.05) is 5.32 Å². The number of anilines is 1. The molecule has 4 rings (SSSR count). The van der Waals surface area contributed by atoms with Crippen molar-refractivity contribution in [3.63, 3.8) is 0 Å². The van der Waals surface area contributed by atoms with E-state index < -0.39 is 5.91 Å². The van der Waals surface area contributed by atoms with Gasteiger partial charge in [0.15, 0.2) is 5.11 Å². The first-order valence-electron chi connectivity index (χ1n) is 9.61. The number of hydrogen-bond acceptors (Lipinski definition) is 4. The standard InChI is InChI=1S/C24H17Cl2N3O2S/c1-14-8-11-16-19(27-14)6-3-7-20(16)28-24(32)29-22(30)13-10-15-9-12-21(31-15)17-4-2-5-18(25)23(17)26/h2-13H,1H3,(H2,28,29,30,32). The van der Waals surface area contributed by atoms with Gasteiger partial charge in [-0.2, -0.15) is 0 Å². The summed E-state index contributed by atoms with van der Waals surface area (Å²) >= 11 is 17.6. The molecule has 2 heterocycles. The Hall–Kier alpha value is -3.19. The molecule has 0 bridgehead atoms. The molecule has 0 atom stereocenters. The largest absolute Gasteiger partial charge is 0.457 e. The number of nitrogens with one attached hydrogen (secondary N) is 2.